The third kappa shape index (κ3) is 6.03. The molecule has 0 spiro atoms. The number of nitriles is 1. The number of likely N-dealkylation sites (tertiary alicyclic amines) is 1. The van der Waals surface area contributed by atoms with E-state index in [9.17, 15) is 28.3 Å². The number of nitrogens with zero attached hydrogens (tertiary/aromatic N) is 3. The summed E-state index contributed by atoms with van der Waals surface area (Å²) in [6.07, 6.45) is -2.91. The molecule has 0 aliphatic carbocycles. The van der Waals surface area contributed by atoms with Crippen LogP contribution in [0.15, 0.2) is 42.6 Å². The van der Waals surface area contributed by atoms with Crippen molar-refractivity contribution in [2.45, 2.75) is 44.1 Å². The quantitative estimate of drug-likeness (QED) is 0.387. The van der Waals surface area contributed by atoms with Crippen LogP contribution in [0.2, 0.25) is 0 Å². The Balaban J connectivity index is 1.46. The number of aryl methyl sites for hydroxylation is 1. The minimum atomic E-state index is -4.93. The van der Waals surface area contributed by atoms with Gasteiger partial charge in [0.05, 0.1) is 31.8 Å². The number of ether oxygens (including phenoxy) is 3. The van der Waals surface area contributed by atoms with Gasteiger partial charge in [-0.3, -0.25) is 9.69 Å². The Bertz CT molecular complexity index is 1410. The van der Waals surface area contributed by atoms with Crippen LogP contribution in [0.3, 0.4) is 0 Å². The van der Waals surface area contributed by atoms with E-state index in [1.165, 1.54) is 36.1 Å². The van der Waals surface area contributed by atoms with Crippen LogP contribution in [-0.4, -0.2) is 66.2 Å². The lowest BCUT2D eigenvalue weighted by molar-refractivity contribution is -0.272. The first-order valence-electron chi connectivity index (χ1n) is 13.0. The molecule has 4 rings (SSSR count). The van der Waals surface area contributed by atoms with Crippen molar-refractivity contribution in [3.05, 3.63) is 59.3 Å². The van der Waals surface area contributed by atoms with Crippen molar-refractivity contribution in [2.24, 2.45) is 7.05 Å². The fourth-order valence-corrected chi connectivity index (χ4v) is 5.10. The number of carbonyl (C=O) groups is 1. The molecule has 0 amide bonds. The zero-order valence-corrected chi connectivity index (χ0v) is 22.6. The van der Waals surface area contributed by atoms with Gasteiger partial charge in [-0.2, -0.15) is 18.4 Å². The van der Waals surface area contributed by atoms with Gasteiger partial charge in [-0.25, -0.2) is 0 Å². The second-order valence-electron chi connectivity index (χ2n) is 9.92. The van der Waals surface area contributed by atoms with Crippen LogP contribution < -0.4 is 9.47 Å². The molecular formula is C29H32F3N3O5. The fourth-order valence-electron chi connectivity index (χ4n) is 5.10. The average Bonchev–Trinajstić information content (AvgIpc) is 3.26. The molecule has 2 heterocycles. The number of alkyl halides is 3. The summed E-state index contributed by atoms with van der Waals surface area (Å²) in [6, 6.07) is 11.6. The van der Waals surface area contributed by atoms with Crippen LogP contribution in [0.1, 0.15) is 36.5 Å². The Kier molecular flexibility index (Phi) is 8.61. The molecule has 0 bridgehead atoms. The highest BCUT2D eigenvalue weighted by Gasteiger charge is 2.57. The lowest BCUT2D eigenvalue weighted by Gasteiger charge is -2.39. The number of carbonyl (C=O) groups excluding carboxylic acids is 1. The molecule has 11 heteroatoms. The molecule has 214 valence electrons. The number of rotatable bonds is 9. The molecule has 1 N–H and O–H groups in total. The molecule has 2 aromatic carbocycles. The van der Waals surface area contributed by atoms with Gasteiger partial charge in [0.25, 0.3) is 0 Å². The Labute approximate surface area is 230 Å². The maximum atomic E-state index is 14.4. The number of hydrogen-bond acceptors (Lipinski definition) is 7. The molecule has 0 saturated carbocycles. The summed E-state index contributed by atoms with van der Waals surface area (Å²) in [5.41, 5.74) is -1.88. The lowest BCUT2D eigenvalue weighted by Crippen LogP contribution is -2.53. The van der Waals surface area contributed by atoms with E-state index in [-0.39, 0.29) is 42.5 Å². The molecule has 1 atom stereocenters. The smallest absolute Gasteiger partial charge is 0.422 e. The summed E-state index contributed by atoms with van der Waals surface area (Å²) < 4.78 is 61.3. The largest absolute Gasteiger partial charge is 0.493 e. The van der Waals surface area contributed by atoms with E-state index in [0.717, 1.165) is 0 Å². The van der Waals surface area contributed by atoms with Crippen molar-refractivity contribution in [3.63, 3.8) is 0 Å². The molecule has 3 aromatic rings. The van der Waals surface area contributed by atoms with Crippen LogP contribution in [-0.2, 0) is 28.6 Å². The van der Waals surface area contributed by atoms with E-state index in [1.54, 1.807) is 37.1 Å². The Hall–Kier alpha value is -3.75. The predicted molar refractivity (Wildman–Crippen MR) is 141 cm³/mol. The van der Waals surface area contributed by atoms with Gasteiger partial charge < -0.3 is 23.9 Å². The van der Waals surface area contributed by atoms with Gasteiger partial charge in [0.15, 0.2) is 11.5 Å². The molecular weight excluding hydrogens is 527 g/mol. The zero-order valence-electron chi connectivity index (χ0n) is 22.6. The summed E-state index contributed by atoms with van der Waals surface area (Å²) in [4.78, 5) is 13.4. The van der Waals surface area contributed by atoms with Crippen molar-refractivity contribution in [2.75, 3.05) is 33.4 Å². The molecule has 1 aliphatic heterocycles. The van der Waals surface area contributed by atoms with Gasteiger partial charge in [0.1, 0.15) is 6.10 Å². The standard InChI is InChI=1S/C29H32F3N3O5/c1-4-39-27(36)15-19-6-8-25(26(14-19)38-3)40-21-9-11-35(12-10-21)18-28(37,29(30,31)32)23-17-34(2)24-13-20(16-33)5-7-22(23)24/h5-8,13-14,17,21,37H,4,9-12,15,18H2,1-3H3. The minimum absolute atomic E-state index is 0.0984. The van der Waals surface area contributed by atoms with E-state index in [4.69, 9.17) is 14.2 Å². The maximum Gasteiger partial charge on any atom is 0.422 e. The highest BCUT2D eigenvalue weighted by Crippen LogP contribution is 2.43. The van der Waals surface area contributed by atoms with Crippen LogP contribution in [0, 0.1) is 11.3 Å². The van der Waals surface area contributed by atoms with E-state index in [0.29, 0.717) is 47.6 Å². The van der Waals surface area contributed by atoms with Crippen molar-refractivity contribution < 1.29 is 37.3 Å². The highest BCUT2D eigenvalue weighted by atomic mass is 19.4. The first-order chi connectivity index (χ1) is 19.0. The van der Waals surface area contributed by atoms with Gasteiger partial charge in [0.2, 0.25) is 5.60 Å². The van der Waals surface area contributed by atoms with Crippen LogP contribution >= 0.6 is 0 Å². The van der Waals surface area contributed by atoms with Gasteiger partial charge in [0, 0.05) is 49.3 Å². The molecule has 0 radical (unpaired) electrons. The summed E-state index contributed by atoms with van der Waals surface area (Å²) >= 11 is 0. The first kappa shape index (κ1) is 29.2. The number of aromatic nitrogens is 1. The zero-order chi connectivity index (χ0) is 29.1. The number of aliphatic hydroxyl groups is 1. The minimum Gasteiger partial charge on any atom is -0.493 e. The monoisotopic (exact) mass is 559 g/mol. The highest BCUT2D eigenvalue weighted by molar-refractivity contribution is 5.86. The Morgan fingerprint density at radius 2 is 1.88 bits per heavy atom. The van der Waals surface area contributed by atoms with Crippen molar-refractivity contribution in [1.82, 2.24) is 9.47 Å². The number of fused-ring (bicyclic) bond motifs is 1. The lowest BCUT2D eigenvalue weighted by atomic mass is 9.90. The summed E-state index contributed by atoms with van der Waals surface area (Å²) in [5, 5.41) is 20.6. The third-order valence-corrected chi connectivity index (χ3v) is 7.20. The summed E-state index contributed by atoms with van der Waals surface area (Å²) in [5.74, 6) is 0.582. The van der Waals surface area contributed by atoms with E-state index < -0.39 is 18.3 Å². The van der Waals surface area contributed by atoms with Crippen molar-refractivity contribution in [3.8, 4) is 17.6 Å². The second kappa shape index (κ2) is 11.8. The van der Waals surface area contributed by atoms with Gasteiger partial charge >= 0.3 is 12.1 Å². The summed E-state index contributed by atoms with van der Waals surface area (Å²) in [6.45, 7) is 1.97. The fraction of sp³-hybridized carbons (Fsp3) is 0.448. The normalized spacial score (nSPS) is 16.4. The number of β-amino-alcohol motifs (C(OH)–C–C–N with tert-alkyl or cyclic N) is 1. The Morgan fingerprint density at radius 3 is 2.50 bits per heavy atom. The van der Waals surface area contributed by atoms with Crippen LogP contribution in [0.5, 0.6) is 11.5 Å². The van der Waals surface area contributed by atoms with Crippen LogP contribution in [0.4, 0.5) is 13.2 Å². The number of hydrogen-bond donors (Lipinski definition) is 1. The maximum absolute atomic E-state index is 14.4. The second-order valence-corrected chi connectivity index (χ2v) is 9.92. The first-order valence-corrected chi connectivity index (χ1v) is 13.0. The number of methoxy groups -OCH3 is 1. The van der Waals surface area contributed by atoms with Gasteiger partial charge in [-0.15, -0.1) is 0 Å². The van der Waals surface area contributed by atoms with Crippen molar-refractivity contribution in [1.29, 1.82) is 5.26 Å². The molecule has 40 heavy (non-hydrogen) atoms. The topological polar surface area (TPSA) is 97.0 Å². The number of esters is 1. The molecule has 1 saturated heterocycles. The molecule has 1 unspecified atom stereocenters. The Morgan fingerprint density at radius 1 is 1.15 bits per heavy atom. The SMILES string of the molecule is CCOC(=O)Cc1ccc(OC2CCN(CC(O)(c3cn(C)c4cc(C#N)ccc34)C(F)(F)F)CC2)c(OC)c1. The number of benzene rings is 2. The third-order valence-electron chi connectivity index (χ3n) is 7.20. The van der Waals surface area contributed by atoms with E-state index in [2.05, 4.69) is 0 Å². The van der Waals surface area contributed by atoms with Gasteiger partial charge in [-0.1, -0.05) is 12.1 Å². The number of halogens is 3. The number of piperidine rings is 1. The predicted octanol–water partition coefficient (Wildman–Crippen LogP) is 4.46. The molecule has 1 fully saturated rings. The molecule has 8 nitrogen and oxygen atoms in total. The van der Waals surface area contributed by atoms with Gasteiger partial charge in [-0.05, 0) is 49.6 Å². The average molecular weight is 560 g/mol. The van der Waals surface area contributed by atoms with E-state index in [1.807, 2.05) is 6.07 Å². The van der Waals surface area contributed by atoms with Crippen molar-refractivity contribution >= 4 is 16.9 Å². The molecule has 1 aliphatic rings. The van der Waals surface area contributed by atoms with E-state index >= 15 is 0 Å². The van der Waals surface area contributed by atoms with Crippen LogP contribution in [0.25, 0.3) is 10.9 Å². The molecule has 1 aromatic heterocycles. The summed E-state index contributed by atoms with van der Waals surface area (Å²) in [7, 11) is 3.08.